The molecule has 0 spiro atoms. The summed E-state index contributed by atoms with van der Waals surface area (Å²) >= 11 is 0. The molecular formula is C15H24N2O2. The predicted octanol–water partition coefficient (Wildman–Crippen LogP) is 2.19. The van der Waals surface area contributed by atoms with Crippen LogP contribution in [0.2, 0.25) is 0 Å². The number of rotatable bonds is 6. The normalized spacial score (nSPS) is 12.5. The van der Waals surface area contributed by atoms with Crippen molar-refractivity contribution in [2.24, 2.45) is 11.7 Å². The Morgan fingerprint density at radius 1 is 1.37 bits per heavy atom. The van der Waals surface area contributed by atoms with Crippen LogP contribution in [-0.2, 0) is 0 Å². The van der Waals surface area contributed by atoms with E-state index >= 15 is 0 Å². The van der Waals surface area contributed by atoms with Crippen LogP contribution in [0.25, 0.3) is 0 Å². The Balaban J connectivity index is 2.63. The Bertz CT molecular complexity index is 428. The van der Waals surface area contributed by atoms with Crippen LogP contribution in [0.1, 0.15) is 42.6 Å². The Hall–Kier alpha value is -1.55. The predicted molar refractivity (Wildman–Crippen MR) is 77.2 cm³/mol. The van der Waals surface area contributed by atoms with Gasteiger partial charge in [0.25, 0.3) is 5.91 Å². The number of hydrogen-bond acceptors (Lipinski definition) is 3. The van der Waals surface area contributed by atoms with E-state index in [9.17, 15) is 9.90 Å². The number of hydrogen-bond donors (Lipinski definition) is 3. The Kier molecular flexibility index (Phi) is 5.83. The molecule has 106 valence electrons. The minimum Gasteiger partial charge on any atom is -0.507 e. The number of carbonyl (C=O) groups is 1. The van der Waals surface area contributed by atoms with Gasteiger partial charge in [0.05, 0.1) is 5.56 Å². The molecule has 0 radical (unpaired) electrons. The Morgan fingerprint density at radius 2 is 2.00 bits per heavy atom. The van der Waals surface area contributed by atoms with Crippen molar-refractivity contribution < 1.29 is 9.90 Å². The molecule has 0 aliphatic rings. The summed E-state index contributed by atoms with van der Waals surface area (Å²) in [5.41, 5.74) is 7.30. The van der Waals surface area contributed by atoms with Gasteiger partial charge in [-0.2, -0.15) is 0 Å². The maximum atomic E-state index is 12.0. The summed E-state index contributed by atoms with van der Waals surface area (Å²) in [6, 6.07) is 4.92. The molecule has 19 heavy (non-hydrogen) atoms. The Morgan fingerprint density at radius 3 is 2.58 bits per heavy atom. The first kappa shape index (κ1) is 15.5. The number of nitrogens with two attached hydrogens (primary N) is 1. The summed E-state index contributed by atoms with van der Waals surface area (Å²) in [6.45, 7) is 6.51. The molecule has 0 heterocycles. The molecule has 1 amide bonds. The zero-order valence-electron chi connectivity index (χ0n) is 11.9. The molecule has 1 rings (SSSR count). The van der Waals surface area contributed by atoms with Crippen LogP contribution in [-0.4, -0.2) is 23.6 Å². The molecule has 4 nitrogen and oxygen atoms in total. The van der Waals surface area contributed by atoms with E-state index in [1.54, 1.807) is 12.1 Å². The van der Waals surface area contributed by atoms with Gasteiger partial charge in [0.15, 0.2) is 0 Å². The molecule has 1 atom stereocenters. The second-order valence-electron chi connectivity index (χ2n) is 4.97. The second kappa shape index (κ2) is 7.14. The number of benzene rings is 1. The van der Waals surface area contributed by atoms with Crippen molar-refractivity contribution in [2.75, 3.05) is 6.54 Å². The standard InChI is InChI=1S/C15H24N2O2/c1-4-11(5-2)13(16)9-17-15(19)12-8-10(3)6-7-14(12)18/h6-8,11,13,18H,4-5,9,16H2,1-3H3,(H,17,19). The number of aryl methyl sites for hydroxylation is 1. The summed E-state index contributed by atoms with van der Waals surface area (Å²) in [6.07, 6.45) is 2.01. The monoisotopic (exact) mass is 264 g/mol. The number of phenolic OH excluding ortho intramolecular Hbond substituents is 1. The first-order valence-electron chi connectivity index (χ1n) is 6.82. The van der Waals surface area contributed by atoms with Gasteiger partial charge < -0.3 is 16.2 Å². The van der Waals surface area contributed by atoms with Crippen LogP contribution >= 0.6 is 0 Å². The van der Waals surface area contributed by atoms with Gasteiger partial charge in [-0.05, 0) is 25.0 Å². The van der Waals surface area contributed by atoms with Gasteiger partial charge in [-0.25, -0.2) is 0 Å². The van der Waals surface area contributed by atoms with Gasteiger partial charge in [0.1, 0.15) is 5.75 Å². The number of phenols is 1. The van der Waals surface area contributed by atoms with Gasteiger partial charge in [-0.15, -0.1) is 0 Å². The molecule has 0 saturated carbocycles. The summed E-state index contributed by atoms with van der Waals surface area (Å²) < 4.78 is 0. The zero-order valence-corrected chi connectivity index (χ0v) is 11.9. The lowest BCUT2D eigenvalue weighted by Crippen LogP contribution is -2.41. The van der Waals surface area contributed by atoms with E-state index in [2.05, 4.69) is 19.2 Å². The lowest BCUT2D eigenvalue weighted by molar-refractivity contribution is 0.0945. The van der Waals surface area contributed by atoms with E-state index in [1.165, 1.54) is 6.07 Å². The molecule has 4 heteroatoms. The quantitative estimate of drug-likeness (QED) is 0.737. The van der Waals surface area contributed by atoms with Crippen molar-refractivity contribution >= 4 is 5.91 Å². The molecular weight excluding hydrogens is 240 g/mol. The molecule has 0 bridgehead atoms. The highest BCUT2D eigenvalue weighted by atomic mass is 16.3. The van der Waals surface area contributed by atoms with Gasteiger partial charge >= 0.3 is 0 Å². The average molecular weight is 264 g/mol. The highest BCUT2D eigenvalue weighted by Crippen LogP contribution is 2.18. The summed E-state index contributed by atoms with van der Waals surface area (Å²) in [5, 5.41) is 12.5. The molecule has 1 aromatic carbocycles. The molecule has 0 aliphatic heterocycles. The van der Waals surface area contributed by atoms with Gasteiger partial charge in [0.2, 0.25) is 0 Å². The third-order valence-corrected chi connectivity index (χ3v) is 3.55. The zero-order chi connectivity index (χ0) is 14.4. The van der Waals surface area contributed by atoms with E-state index < -0.39 is 0 Å². The minimum atomic E-state index is -0.275. The van der Waals surface area contributed by atoms with Gasteiger partial charge in [0, 0.05) is 12.6 Å². The highest BCUT2D eigenvalue weighted by Gasteiger charge is 2.16. The lowest BCUT2D eigenvalue weighted by atomic mass is 9.95. The number of amides is 1. The fraction of sp³-hybridized carbons (Fsp3) is 0.533. The fourth-order valence-electron chi connectivity index (χ4n) is 2.20. The van der Waals surface area contributed by atoms with E-state index in [0.717, 1.165) is 18.4 Å². The van der Waals surface area contributed by atoms with Crippen molar-refractivity contribution in [1.82, 2.24) is 5.32 Å². The maximum absolute atomic E-state index is 12.0. The summed E-state index contributed by atoms with van der Waals surface area (Å²) in [7, 11) is 0. The molecule has 1 aromatic rings. The second-order valence-corrected chi connectivity index (χ2v) is 4.97. The van der Waals surface area contributed by atoms with Crippen LogP contribution < -0.4 is 11.1 Å². The van der Waals surface area contributed by atoms with Crippen LogP contribution in [0.4, 0.5) is 0 Å². The first-order chi connectivity index (χ1) is 8.99. The van der Waals surface area contributed by atoms with Crippen LogP contribution in [0.5, 0.6) is 5.75 Å². The SMILES string of the molecule is CCC(CC)C(N)CNC(=O)c1cc(C)ccc1O. The largest absolute Gasteiger partial charge is 0.507 e. The molecule has 0 saturated heterocycles. The average Bonchev–Trinajstić information content (AvgIpc) is 2.40. The first-order valence-corrected chi connectivity index (χ1v) is 6.82. The summed E-state index contributed by atoms with van der Waals surface area (Å²) in [5.74, 6) is 0.133. The van der Waals surface area contributed by atoms with Crippen molar-refractivity contribution in [3.63, 3.8) is 0 Å². The van der Waals surface area contributed by atoms with E-state index in [0.29, 0.717) is 18.0 Å². The summed E-state index contributed by atoms with van der Waals surface area (Å²) in [4.78, 5) is 12.0. The smallest absolute Gasteiger partial charge is 0.255 e. The highest BCUT2D eigenvalue weighted by molar-refractivity contribution is 5.97. The van der Waals surface area contributed by atoms with Crippen LogP contribution in [0.3, 0.4) is 0 Å². The van der Waals surface area contributed by atoms with Crippen LogP contribution in [0, 0.1) is 12.8 Å². The van der Waals surface area contributed by atoms with E-state index in [4.69, 9.17) is 5.73 Å². The van der Waals surface area contributed by atoms with Crippen molar-refractivity contribution in [3.8, 4) is 5.75 Å². The van der Waals surface area contributed by atoms with Gasteiger partial charge in [-0.3, -0.25) is 4.79 Å². The van der Waals surface area contributed by atoms with Crippen LogP contribution in [0.15, 0.2) is 18.2 Å². The number of aromatic hydroxyl groups is 1. The van der Waals surface area contributed by atoms with Crippen molar-refractivity contribution in [3.05, 3.63) is 29.3 Å². The topological polar surface area (TPSA) is 75.3 Å². The number of nitrogens with one attached hydrogen (secondary N) is 1. The third-order valence-electron chi connectivity index (χ3n) is 3.55. The molecule has 1 unspecified atom stereocenters. The fourth-order valence-corrected chi connectivity index (χ4v) is 2.20. The van der Waals surface area contributed by atoms with Crippen molar-refractivity contribution in [2.45, 2.75) is 39.7 Å². The van der Waals surface area contributed by atoms with Crippen molar-refractivity contribution in [1.29, 1.82) is 0 Å². The molecule has 4 N–H and O–H groups in total. The van der Waals surface area contributed by atoms with E-state index in [1.807, 2.05) is 6.92 Å². The minimum absolute atomic E-state index is 0.000737. The maximum Gasteiger partial charge on any atom is 0.255 e. The third kappa shape index (κ3) is 4.24. The molecule has 0 fully saturated rings. The van der Waals surface area contributed by atoms with E-state index in [-0.39, 0.29) is 17.7 Å². The molecule has 0 aliphatic carbocycles. The molecule has 0 aromatic heterocycles. The Labute approximate surface area is 115 Å². The number of carbonyl (C=O) groups excluding carboxylic acids is 1. The van der Waals surface area contributed by atoms with Gasteiger partial charge in [-0.1, -0.05) is 38.3 Å². The lowest BCUT2D eigenvalue weighted by Gasteiger charge is -2.21.